The smallest absolute Gasteiger partial charge is 0.462 e. The molecule has 0 fully saturated rings. The van der Waals surface area contributed by atoms with E-state index in [1.165, 1.54) is 0 Å². The van der Waals surface area contributed by atoms with Crippen molar-refractivity contribution < 1.29 is 80.2 Å². The molecule has 0 rings (SSSR count). The van der Waals surface area contributed by atoms with Crippen LogP contribution in [-0.4, -0.2) is 96.7 Å². The molecule has 0 bridgehead atoms. The summed E-state index contributed by atoms with van der Waals surface area (Å²) in [5, 5.41) is 10.6. The van der Waals surface area contributed by atoms with Crippen molar-refractivity contribution in [2.75, 3.05) is 39.6 Å². The van der Waals surface area contributed by atoms with Crippen molar-refractivity contribution in [1.82, 2.24) is 0 Å². The van der Waals surface area contributed by atoms with E-state index in [1.54, 1.807) is 18.2 Å². The third-order valence-corrected chi connectivity index (χ3v) is 16.7. The summed E-state index contributed by atoms with van der Waals surface area (Å²) < 4.78 is 68.2. The topological polar surface area (TPSA) is 237 Å². The lowest BCUT2D eigenvalue weighted by Crippen LogP contribution is -2.30. The number of unbranched alkanes of at least 4 members (excludes halogenated alkanes) is 11. The van der Waals surface area contributed by atoms with Crippen molar-refractivity contribution in [3.63, 3.8) is 0 Å². The second-order valence-electron chi connectivity index (χ2n) is 24.4. The van der Waals surface area contributed by atoms with E-state index in [1.807, 2.05) is 30.4 Å². The SMILES string of the molecule is CC/C=C\C/C=C\C/C=C\C/C=C\C/C=C\CC(=O)OCC(COP(=O)(O)OCC(O)COP(=O)(O)OCC(COC(=O)CCCCCCCC/C=C\C/C=C\C/C=C\C/C=C\CC)OC(=O)C/C=C\C/C=C\C/C=C\C/C=C\C/C=C\CC)OC(=O)CCCCCCC/C=C\C/C=C\C/C=C\CC. The number of hydrogen-bond donors (Lipinski definition) is 3. The minimum atomic E-state index is -5.02. The molecule has 584 valence electrons. The van der Waals surface area contributed by atoms with Crippen molar-refractivity contribution in [3.8, 4) is 0 Å². The predicted octanol–water partition coefficient (Wildman–Crippen LogP) is 22.3. The maximum absolute atomic E-state index is 13.1. The van der Waals surface area contributed by atoms with Gasteiger partial charge in [-0.3, -0.25) is 37.3 Å². The summed E-state index contributed by atoms with van der Waals surface area (Å²) in [4.78, 5) is 72.8. The number of rotatable bonds is 69. The molecule has 0 aliphatic rings. The number of carbonyl (C=O) groups is 4. The maximum Gasteiger partial charge on any atom is 0.472 e. The Morgan fingerprint density at radius 1 is 0.279 bits per heavy atom. The van der Waals surface area contributed by atoms with Gasteiger partial charge in [-0.2, -0.15) is 0 Å². The van der Waals surface area contributed by atoms with Crippen LogP contribution < -0.4 is 0 Å². The highest BCUT2D eigenvalue weighted by molar-refractivity contribution is 7.47. The Kier molecular flexibility index (Phi) is 70.3. The van der Waals surface area contributed by atoms with Crippen LogP contribution in [0.1, 0.15) is 246 Å². The van der Waals surface area contributed by atoms with E-state index < -0.39 is 97.5 Å². The monoisotopic (exact) mass is 1490 g/mol. The van der Waals surface area contributed by atoms with Gasteiger partial charge in [-0.05, 0) is 148 Å². The van der Waals surface area contributed by atoms with Crippen LogP contribution in [0.4, 0.5) is 0 Å². The number of ether oxygens (including phenoxy) is 4. The molecule has 3 N–H and O–H groups in total. The van der Waals surface area contributed by atoms with Gasteiger partial charge in [0.15, 0.2) is 12.2 Å². The summed E-state index contributed by atoms with van der Waals surface area (Å²) in [7, 11) is -10.0. The highest BCUT2D eigenvalue weighted by atomic mass is 31.2. The lowest BCUT2D eigenvalue weighted by Gasteiger charge is -2.21. The van der Waals surface area contributed by atoms with Crippen LogP contribution in [0.5, 0.6) is 0 Å². The molecule has 17 nitrogen and oxygen atoms in total. The number of phosphoric ester groups is 2. The zero-order chi connectivity index (χ0) is 76.0. The molecule has 19 heteroatoms. The summed E-state index contributed by atoms with van der Waals surface area (Å²) in [6.45, 7) is 4.10. The van der Waals surface area contributed by atoms with Gasteiger partial charge in [-0.1, -0.05) is 279 Å². The molecule has 0 aliphatic carbocycles. The molecule has 104 heavy (non-hydrogen) atoms. The highest BCUT2D eigenvalue weighted by Gasteiger charge is 2.30. The molecular weight excluding hydrogens is 1350 g/mol. The van der Waals surface area contributed by atoms with Gasteiger partial charge in [-0.15, -0.1) is 0 Å². The zero-order valence-corrected chi connectivity index (χ0v) is 65.4. The number of allylic oxidation sites excluding steroid dienone is 32. The Hall–Kier alpha value is -6.36. The van der Waals surface area contributed by atoms with Gasteiger partial charge in [-0.25, -0.2) is 9.13 Å². The van der Waals surface area contributed by atoms with Gasteiger partial charge in [0.25, 0.3) is 0 Å². The van der Waals surface area contributed by atoms with Crippen molar-refractivity contribution >= 4 is 39.5 Å². The number of hydrogen-bond acceptors (Lipinski definition) is 15. The molecule has 0 heterocycles. The van der Waals surface area contributed by atoms with Gasteiger partial charge in [0.1, 0.15) is 19.3 Å². The van der Waals surface area contributed by atoms with Crippen LogP contribution in [0.3, 0.4) is 0 Å². The molecule has 0 saturated heterocycles. The minimum absolute atomic E-state index is 0.0446. The average Bonchev–Trinajstić information content (AvgIpc) is 0.912. The van der Waals surface area contributed by atoms with E-state index in [0.29, 0.717) is 25.7 Å². The Bertz CT molecular complexity index is 2790. The van der Waals surface area contributed by atoms with Crippen molar-refractivity contribution in [2.24, 2.45) is 0 Å². The van der Waals surface area contributed by atoms with Crippen LogP contribution in [0.25, 0.3) is 0 Å². The number of carbonyl (C=O) groups excluding carboxylic acids is 4. The molecule has 0 aromatic rings. The molecule has 0 aliphatic heterocycles. The molecule has 5 atom stereocenters. The number of aliphatic hydroxyl groups is 1. The fourth-order valence-electron chi connectivity index (χ4n) is 9.14. The van der Waals surface area contributed by atoms with Gasteiger partial charge in [0.2, 0.25) is 0 Å². The van der Waals surface area contributed by atoms with E-state index in [-0.39, 0.29) is 25.7 Å². The second-order valence-corrected chi connectivity index (χ2v) is 27.4. The average molecular weight is 1490 g/mol. The predicted molar refractivity (Wildman–Crippen MR) is 426 cm³/mol. The fraction of sp³-hybridized carbons (Fsp3) is 0.553. The summed E-state index contributed by atoms with van der Waals surface area (Å²) in [5.41, 5.74) is 0. The second kappa shape index (κ2) is 74.9. The lowest BCUT2D eigenvalue weighted by molar-refractivity contribution is -0.160. The van der Waals surface area contributed by atoms with Crippen LogP contribution in [0.2, 0.25) is 0 Å². The summed E-state index contributed by atoms with van der Waals surface area (Å²) >= 11 is 0. The number of phosphoric acid groups is 2. The Morgan fingerprint density at radius 3 is 0.846 bits per heavy atom. The molecule has 5 unspecified atom stereocenters. The van der Waals surface area contributed by atoms with E-state index in [9.17, 15) is 43.2 Å². The Balaban J connectivity index is 5.53. The summed E-state index contributed by atoms with van der Waals surface area (Å²) in [6, 6.07) is 0. The van der Waals surface area contributed by atoms with E-state index >= 15 is 0 Å². The summed E-state index contributed by atoms with van der Waals surface area (Å²) in [5.74, 6) is -2.53. The fourth-order valence-corrected chi connectivity index (χ4v) is 10.7. The number of aliphatic hydroxyl groups excluding tert-OH is 1. The minimum Gasteiger partial charge on any atom is -0.462 e. The van der Waals surface area contributed by atoms with Gasteiger partial charge < -0.3 is 33.8 Å². The molecular formula is C85H132O17P2. The third-order valence-electron chi connectivity index (χ3n) is 14.8. The highest BCUT2D eigenvalue weighted by Crippen LogP contribution is 2.45. The first-order chi connectivity index (χ1) is 50.7. The molecule has 0 spiro atoms. The summed E-state index contributed by atoms with van der Waals surface area (Å²) in [6.07, 6.45) is 93.1. The standard InChI is InChI=1S/C85H132O17P2/c1-5-9-13-17-21-25-29-33-37-38-39-40-44-46-50-54-58-62-66-70-83(88)96-76-81(102-85(90)72-68-64-60-56-52-48-43-36-32-28-24-20-16-12-8-4)78-100-104(93,94)98-74-79(86)73-97-103(91,92)99-77-80(101-84(89)71-67-63-59-55-51-47-42-35-31-27-23-19-15-11-7-3)75-95-82(87)69-65-61-57-53-49-45-41-34-30-26-22-18-14-10-6-2/h9-16,21-28,33-37,39-43,49,52-53,56,61,64-65,68,79-81,86H,5-8,17-20,29-32,38,44-48,50-51,54-55,57-60,62-63,66-67,69-78H2,1-4H3,(H,91,92)(H,93,94)/b13-9-,14-10-,15-11-,16-12-,25-21-,26-22-,27-23-,28-24-,37-33-,40-39-,41-34-,42-35-,43-36-,53-49-,56-52-,65-61-,68-64-. The van der Waals surface area contributed by atoms with Crippen LogP contribution in [0.15, 0.2) is 207 Å². The first kappa shape index (κ1) is 97.6. The Morgan fingerprint density at radius 2 is 0.519 bits per heavy atom. The van der Waals surface area contributed by atoms with Crippen LogP contribution >= 0.6 is 15.6 Å². The van der Waals surface area contributed by atoms with Crippen molar-refractivity contribution in [3.05, 3.63) is 207 Å². The maximum atomic E-state index is 13.1. The normalized spacial score (nSPS) is 15.0. The van der Waals surface area contributed by atoms with Crippen molar-refractivity contribution in [1.29, 1.82) is 0 Å². The van der Waals surface area contributed by atoms with Crippen molar-refractivity contribution in [2.45, 2.75) is 264 Å². The van der Waals surface area contributed by atoms with E-state index in [0.717, 1.165) is 167 Å². The number of esters is 4. The Labute approximate surface area is 627 Å². The van der Waals surface area contributed by atoms with E-state index in [2.05, 4.69) is 186 Å². The van der Waals surface area contributed by atoms with Gasteiger partial charge in [0.05, 0.1) is 39.3 Å². The van der Waals surface area contributed by atoms with Crippen LogP contribution in [0, 0.1) is 0 Å². The molecule has 0 saturated carbocycles. The molecule has 0 aromatic heterocycles. The molecule has 0 aromatic carbocycles. The first-order valence-electron chi connectivity index (χ1n) is 38.3. The molecule has 0 radical (unpaired) electrons. The van der Waals surface area contributed by atoms with Crippen LogP contribution in [-0.2, 0) is 65.4 Å². The molecule has 0 amide bonds. The first-order valence-corrected chi connectivity index (χ1v) is 41.3. The lowest BCUT2D eigenvalue weighted by atomic mass is 10.1. The quantitative estimate of drug-likeness (QED) is 0.0169. The van der Waals surface area contributed by atoms with Gasteiger partial charge >= 0.3 is 39.5 Å². The third kappa shape index (κ3) is 73.9. The van der Waals surface area contributed by atoms with E-state index in [4.69, 9.17) is 37.0 Å². The largest absolute Gasteiger partial charge is 0.472 e. The van der Waals surface area contributed by atoms with Gasteiger partial charge in [0, 0.05) is 12.8 Å². The zero-order valence-electron chi connectivity index (χ0n) is 63.6.